The first-order valence-electron chi connectivity index (χ1n) is 8.40. The fraction of sp³-hybridized carbons (Fsp3) is 0.316. The second-order valence-electron chi connectivity index (χ2n) is 6.31. The number of piperidine rings is 1. The van der Waals surface area contributed by atoms with Gasteiger partial charge in [-0.15, -0.1) is 0 Å². The number of hydrogen-bond acceptors (Lipinski definition) is 3. The van der Waals surface area contributed by atoms with Gasteiger partial charge >= 0.3 is 0 Å². The van der Waals surface area contributed by atoms with E-state index < -0.39 is 0 Å². The molecule has 3 aromatic rings. The molecule has 5 heteroatoms. The van der Waals surface area contributed by atoms with Gasteiger partial charge in [0.1, 0.15) is 5.65 Å². The molecule has 0 unspecified atom stereocenters. The van der Waals surface area contributed by atoms with Crippen LogP contribution in [0.25, 0.3) is 22.3 Å². The van der Waals surface area contributed by atoms with Crippen molar-refractivity contribution in [2.24, 2.45) is 7.05 Å². The Labute approximate surface area is 140 Å². The Morgan fingerprint density at radius 3 is 2.62 bits per heavy atom. The van der Waals surface area contributed by atoms with E-state index in [1.807, 2.05) is 47.0 Å². The number of amides is 1. The molecule has 24 heavy (non-hydrogen) atoms. The number of aromatic nitrogens is 3. The highest BCUT2D eigenvalue weighted by atomic mass is 16.2. The van der Waals surface area contributed by atoms with E-state index in [1.54, 1.807) is 12.4 Å². The minimum Gasteiger partial charge on any atom is -0.339 e. The van der Waals surface area contributed by atoms with Crippen molar-refractivity contribution < 1.29 is 4.79 Å². The summed E-state index contributed by atoms with van der Waals surface area (Å²) >= 11 is 0. The summed E-state index contributed by atoms with van der Waals surface area (Å²) in [5.41, 5.74) is 3.50. The van der Waals surface area contributed by atoms with Crippen LogP contribution in [0.3, 0.4) is 0 Å². The Morgan fingerprint density at radius 1 is 1.04 bits per heavy atom. The molecule has 1 fully saturated rings. The molecule has 1 aliphatic heterocycles. The fourth-order valence-corrected chi connectivity index (χ4v) is 3.35. The Kier molecular flexibility index (Phi) is 3.76. The highest BCUT2D eigenvalue weighted by molar-refractivity contribution is 5.95. The Morgan fingerprint density at radius 2 is 1.88 bits per heavy atom. The molecule has 1 aliphatic rings. The van der Waals surface area contributed by atoms with Crippen molar-refractivity contribution in [3.63, 3.8) is 0 Å². The van der Waals surface area contributed by atoms with Gasteiger partial charge in [0.15, 0.2) is 0 Å². The average Bonchev–Trinajstić information content (AvgIpc) is 3.03. The molecular weight excluding hydrogens is 300 g/mol. The molecule has 1 saturated heterocycles. The number of aryl methyl sites for hydroxylation is 1. The molecule has 0 N–H and O–H groups in total. The minimum absolute atomic E-state index is 0.0911. The molecule has 5 nitrogen and oxygen atoms in total. The van der Waals surface area contributed by atoms with Crippen molar-refractivity contribution in [3.8, 4) is 11.3 Å². The van der Waals surface area contributed by atoms with E-state index in [0.717, 1.165) is 48.2 Å². The third-order valence-corrected chi connectivity index (χ3v) is 4.70. The molecule has 0 saturated carbocycles. The maximum atomic E-state index is 12.5. The van der Waals surface area contributed by atoms with Gasteiger partial charge in [0.05, 0.1) is 11.3 Å². The molecule has 4 rings (SSSR count). The van der Waals surface area contributed by atoms with Crippen molar-refractivity contribution in [2.75, 3.05) is 13.1 Å². The summed E-state index contributed by atoms with van der Waals surface area (Å²) in [6.45, 7) is 1.71. The summed E-state index contributed by atoms with van der Waals surface area (Å²) in [5, 5.41) is 1.07. The Hall–Kier alpha value is -2.69. The lowest BCUT2D eigenvalue weighted by Crippen LogP contribution is -2.35. The number of carbonyl (C=O) groups excluding carboxylic acids is 1. The molecule has 3 aromatic heterocycles. The molecule has 0 aliphatic carbocycles. The summed E-state index contributed by atoms with van der Waals surface area (Å²) in [7, 11) is 1.98. The number of hydrogen-bond donors (Lipinski definition) is 0. The van der Waals surface area contributed by atoms with Gasteiger partial charge in [0, 0.05) is 49.7 Å². The lowest BCUT2D eigenvalue weighted by atomic mass is 10.1. The molecule has 0 spiro atoms. The van der Waals surface area contributed by atoms with Crippen LogP contribution in [0.2, 0.25) is 0 Å². The van der Waals surface area contributed by atoms with Crippen LogP contribution >= 0.6 is 0 Å². The number of fused-ring (bicyclic) bond motifs is 1. The topological polar surface area (TPSA) is 51.0 Å². The maximum Gasteiger partial charge on any atom is 0.255 e. The van der Waals surface area contributed by atoms with Crippen molar-refractivity contribution in [1.82, 2.24) is 19.4 Å². The van der Waals surface area contributed by atoms with Crippen LogP contribution in [-0.2, 0) is 7.05 Å². The standard InChI is InChI=1S/C19H20N4O/c1-22-12-8-16-15(7-9-20-18(16)22)17-6-5-14(13-21-17)19(24)23-10-3-2-4-11-23/h5-9,12-13H,2-4,10-11H2,1H3. The minimum atomic E-state index is 0.0911. The van der Waals surface area contributed by atoms with Crippen LogP contribution in [0, 0.1) is 0 Å². The Balaban J connectivity index is 1.64. The lowest BCUT2D eigenvalue weighted by Gasteiger charge is -2.26. The zero-order valence-corrected chi connectivity index (χ0v) is 13.8. The average molecular weight is 320 g/mol. The largest absolute Gasteiger partial charge is 0.339 e. The summed E-state index contributed by atoms with van der Waals surface area (Å²) in [6, 6.07) is 7.83. The third-order valence-electron chi connectivity index (χ3n) is 4.70. The van der Waals surface area contributed by atoms with Crippen LogP contribution in [0.15, 0.2) is 42.9 Å². The second-order valence-corrected chi connectivity index (χ2v) is 6.31. The molecule has 1 amide bonds. The van der Waals surface area contributed by atoms with E-state index in [9.17, 15) is 4.79 Å². The highest BCUT2D eigenvalue weighted by Crippen LogP contribution is 2.26. The zero-order chi connectivity index (χ0) is 16.5. The van der Waals surface area contributed by atoms with Crippen LogP contribution in [0.5, 0.6) is 0 Å². The van der Waals surface area contributed by atoms with Gasteiger partial charge in [-0.3, -0.25) is 9.78 Å². The predicted molar refractivity (Wildman–Crippen MR) is 93.7 cm³/mol. The van der Waals surface area contributed by atoms with Gasteiger partial charge in [-0.05, 0) is 43.5 Å². The molecular formula is C19H20N4O. The molecule has 0 radical (unpaired) electrons. The van der Waals surface area contributed by atoms with Crippen LogP contribution in [0.4, 0.5) is 0 Å². The van der Waals surface area contributed by atoms with Gasteiger partial charge in [-0.2, -0.15) is 0 Å². The molecule has 122 valence electrons. The van der Waals surface area contributed by atoms with E-state index >= 15 is 0 Å². The second kappa shape index (κ2) is 6.07. The molecule has 0 bridgehead atoms. The lowest BCUT2D eigenvalue weighted by molar-refractivity contribution is 0.0724. The molecule has 0 atom stereocenters. The first-order valence-corrected chi connectivity index (χ1v) is 8.40. The number of carbonyl (C=O) groups is 1. The summed E-state index contributed by atoms with van der Waals surface area (Å²) in [4.78, 5) is 23.4. The summed E-state index contributed by atoms with van der Waals surface area (Å²) < 4.78 is 1.99. The molecule has 4 heterocycles. The van der Waals surface area contributed by atoms with Crippen molar-refractivity contribution >= 4 is 16.9 Å². The van der Waals surface area contributed by atoms with Gasteiger partial charge in [0.2, 0.25) is 0 Å². The van der Waals surface area contributed by atoms with Gasteiger partial charge < -0.3 is 9.47 Å². The maximum absolute atomic E-state index is 12.5. The van der Waals surface area contributed by atoms with Crippen molar-refractivity contribution in [2.45, 2.75) is 19.3 Å². The quantitative estimate of drug-likeness (QED) is 0.728. The van der Waals surface area contributed by atoms with Gasteiger partial charge in [0.25, 0.3) is 5.91 Å². The van der Waals surface area contributed by atoms with Crippen molar-refractivity contribution in [3.05, 3.63) is 48.4 Å². The normalized spacial score (nSPS) is 15.0. The number of pyridine rings is 2. The number of rotatable bonds is 2. The first kappa shape index (κ1) is 14.9. The Bertz CT molecular complexity index is 876. The smallest absolute Gasteiger partial charge is 0.255 e. The van der Waals surface area contributed by atoms with E-state index in [1.165, 1.54) is 6.42 Å². The third kappa shape index (κ3) is 2.56. The van der Waals surface area contributed by atoms with E-state index in [-0.39, 0.29) is 5.91 Å². The highest BCUT2D eigenvalue weighted by Gasteiger charge is 2.18. The number of likely N-dealkylation sites (tertiary alicyclic amines) is 1. The molecule has 0 aromatic carbocycles. The zero-order valence-electron chi connectivity index (χ0n) is 13.8. The van der Waals surface area contributed by atoms with Crippen LogP contribution in [0.1, 0.15) is 29.6 Å². The van der Waals surface area contributed by atoms with Crippen LogP contribution < -0.4 is 0 Å². The fourth-order valence-electron chi connectivity index (χ4n) is 3.35. The summed E-state index contributed by atoms with van der Waals surface area (Å²) in [5.74, 6) is 0.0911. The van der Waals surface area contributed by atoms with Crippen molar-refractivity contribution in [1.29, 1.82) is 0 Å². The number of nitrogens with zero attached hydrogens (tertiary/aromatic N) is 4. The van der Waals surface area contributed by atoms with Crippen LogP contribution in [-0.4, -0.2) is 38.4 Å². The first-order chi connectivity index (χ1) is 11.7. The van der Waals surface area contributed by atoms with E-state index in [4.69, 9.17) is 0 Å². The van der Waals surface area contributed by atoms with Gasteiger partial charge in [-0.1, -0.05) is 0 Å². The monoisotopic (exact) mass is 320 g/mol. The SMILES string of the molecule is Cn1ccc2c(-c3ccc(C(=O)N4CCCCC4)cn3)ccnc21. The predicted octanol–water partition coefficient (Wildman–Crippen LogP) is 3.26. The van der Waals surface area contributed by atoms with E-state index in [0.29, 0.717) is 5.56 Å². The van der Waals surface area contributed by atoms with E-state index in [2.05, 4.69) is 9.97 Å². The summed E-state index contributed by atoms with van der Waals surface area (Å²) in [6.07, 6.45) is 8.90. The van der Waals surface area contributed by atoms with Gasteiger partial charge in [-0.25, -0.2) is 4.98 Å².